The molecule has 4 rings (SSSR count). The third-order valence-corrected chi connectivity index (χ3v) is 5.33. The smallest absolute Gasteiger partial charge is 0.267 e. The summed E-state index contributed by atoms with van der Waals surface area (Å²) >= 11 is 7.45. The third kappa shape index (κ3) is 3.58. The number of fused-ring (bicyclic) bond motifs is 1. The third-order valence-electron chi connectivity index (χ3n) is 3.96. The molecule has 0 bridgehead atoms. The van der Waals surface area contributed by atoms with Gasteiger partial charge in [-0.2, -0.15) is 0 Å². The number of halogens is 1. The van der Waals surface area contributed by atoms with Crippen molar-refractivity contribution in [2.75, 3.05) is 0 Å². The minimum Gasteiger partial charge on any atom is -0.267 e. The van der Waals surface area contributed by atoms with Crippen LogP contribution in [-0.2, 0) is 0 Å². The van der Waals surface area contributed by atoms with Crippen LogP contribution in [0.3, 0.4) is 0 Å². The summed E-state index contributed by atoms with van der Waals surface area (Å²) in [6.45, 7) is 0. The molecule has 0 aliphatic carbocycles. The highest BCUT2D eigenvalue weighted by molar-refractivity contribution is 7.21. The fraction of sp³-hybridized carbons (Fsp3) is 0. The first-order valence-electron chi connectivity index (χ1n) is 8.29. The summed E-state index contributed by atoms with van der Waals surface area (Å²) in [5.74, 6) is -1.01. The van der Waals surface area contributed by atoms with Crippen LogP contribution in [0, 0.1) is 0 Å². The quantitative estimate of drug-likeness (QED) is 0.500. The number of carbonyl (C=O) groups is 2. The van der Waals surface area contributed by atoms with Gasteiger partial charge in [0.05, 0.1) is 26.4 Å². The molecule has 0 saturated carbocycles. The second-order valence-corrected chi connectivity index (χ2v) is 7.21. The molecule has 0 spiro atoms. The molecule has 0 radical (unpaired) electrons. The van der Waals surface area contributed by atoms with Crippen molar-refractivity contribution < 1.29 is 9.59 Å². The van der Waals surface area contributed by atoms with Crippen molar-refractivity contribution in [3.8, 4) is 10.7 Å². The Kier molecular flexibility index (Phi) is 5.01. The van der Waals surface area contributed by atoms with E-state index in [2.05, 4.69) is 20.8 Å². The van der Waals surface area contributed by atoms with E-state index in [-0.39, 0.29) is 5.56 Å². The summed E-state index contributed by atoms with van der Waals surface area (Å²) in [5, 5.41) is 0.926. The van der Waals surface area contributed by atoms with E-state index in [0.29, 0.717) is 21.3 Å². The molecule has 138 valence electrons. The lowest BCUT2D eigenvalue weighted by Gasteiger charge is -2.10. The fourth-order valence-corrected chi connectivity index (χ4v) is 3.82. The molecule has 8 heteroatoms. The van der Waals surface area contributed by atoms with Crippen LogP contribution in [-0.4, -0.2) is 21.8 Å². The highest BCUT2D eigenvalue weighted by atomic mass is 35.5. The number of para-hydroxylation sites is 1. The Labute approximate surface area is 169 Å². The van der Waals surface area contributed by atoms with E-state index in [0.717, 1.165) is 10.2 Å². The van der Waals surface area contributed by atoms with Gasteiger partial charge < -0.3 is 0 Å². The summed E-state index contributed by atoms with van der Waals surface area (Å²) < 4.78 is 1.00. The Bertz CT molecular complexity index is 1160. The molecule has 2 aromatic carbocycles. The topological polar surface area (TPSA) is 84.0 Å². The predicted octanol–water partition coefficient (Wildman–Crippen LogP) is 4.09. The number of rotatable bonds is 3. The van der Waals surface area contributed by atoms with Gasteiger partial charge in [0.2, 0.25) is 0 Å². The van der Waals surface area contributed by atoms with Crippen molar-refractivity contribution in [3.05, 3.63) is 83.0 Å². The Hall–Kier alpha value is -3.29. The molecule has 0 aliphatic heterocycles. The summed E-state index contributed by atoms with van der Waals surface area (Å²) in [6, 6.07) is 17.6. The summed E-state index contributed by atoms with van der Waals surface area (Å²) in [4.78, 5) is 33.8. The number of amides is 2. The largest absolute Gasteiger partial charge is 0.272 e. The van der Waals surface area contributed by atoms with Crippen LogP contribution in [0.2, 0.25) is 5.02 Å². The highest BCUT2D eigenvalue weighted by Crippen LogP contribution is 2.30. The van der Waals surface area contributed by atoms with Crippen molar-refractivity contribution >= 4 is 45.0 Å². The second kappa shape index (κ2) is 7.75. The highest BCUT2D eigenvalue weighted by Gasteiger charge is 2.18. The van der Waals surface area contributed by atoms with Gasteiger partial charge in [-0.1, -0.05) is 35.9 Å². The van der Waals surface area contributed by atoms with Gasteiger partial charge >= 0.3 is 0 Å². The van der Waals surface area contributed by atoms with E-state index in [1.54, 1.807) is 42.6 Å². The van der Waals surface area contributed by atoms with Gasteiger partial charge in [-0.05, 0) is 36.4 Å². The van der Waals surface area contributed by atoms with E-state index in [4.69, 9.17) is 11.6 Å². The van der Waals surface area contributed by atoms with Gasteiger partial charge in [-0.15, -0.1) is 11.3 Å². The molecule has 0 saturated heterocycles. The number of thiazole rings is 1. The minimum absolute atomic E-state index is 0.266. The van der Waals surface area contributed by atoms with E-state index in [1.165, 1.54) is 11.3 Å². The van der Waals surface area contributed by atoms with Gasteiger partial charge in [0, 0.05) is 6.20 Å². The maximum atomic E-state index is 12.7. The average molecular weight is 409 g/mol. The number of hydrazine groups is 1. The van der Waals surface area contributed by atoms with Crippen LogP contribution >= 0.6 is 22.9 Å². The zero-order valence-electron chi connectivity index (χ0n) is 14.3. The number of hydrogen-bond donors (Lipinski definition) is 2. The lowest BCUT2D eigenvalue weighted by molar-refractivity contribution is 0.0847. The number of nitrogens with one attached hydrogen (secondary N) is 2. The number of hydrogen-bond acceptors (Lipinski definition) is 5. The molecule has 0 aliphatic rings. The van der Waals surface area contributed by atoms with E-state index >= 15 is 0 Å². The molecule has 2 aromatic heterocycles. The second-order valence-electron chi connectivity index (χ2n) is 5.77. The maximum absolute atomic E-state index is 12.7. The van der Waals surface area contributed by atoms with Crippen molar-refractivity contribution in [1.82, 2.24) is 20.8 Å². The zero-order chi connectivity index (χ0) is 19.5. The average Bonchev–Trinajstić information content (AvgIpc) is 3.16. The number of pyridine rings is 1. The SMILES string of the molecule is O=C(NNC(=O)c1cccnc1-c1nc2ccccc2s1)c1ccccc1Cl. The van der Waals surface area contributed by atoms with Crippen LogP contribution in [0.1, 0.15) is 20.7 Å². The molecule has 2 amide bonds. The molecule has 0 atom stereocenters. The Morgan fingerprint density at radius 2 is 1.54 bits per heavy atom. The van der Waals surface area contributed by atoms with Crippen LogP contribution < -0.4 is 10.9 Å². The molecule has 2 N–H and O–H groups in total. The number of nitrogens with zero attached hydrogens (tertiary/aromatic N) is 2. The predicted molar refractivity (Wildman–Crippen MR) is 109 cm³/mol. The Balaban J connectivity index is 1.57. The maximum Gasteiger partial charge on any atom is 0.272 e. The van der Waals surface area contributed by atoms with E-state index in [9.17, 15) is 9.59 Å². The fourth-order valence-electron chi connectivity index (χ4n) is 2.63. The molecular formula is C20H13ClN4O2S. The lowest BCUT2D eigenvalue weighted by atomic mass is 10.2. The molecule has 2 heterocycles. The van der Waals surface area contributed by atoms with Gasteiger partial charge in [0.25, 0.3) is 11.8 Å². The summed E-state index contributed by atoms with van der Waals surface area (Å²) in [6.07, 6.45) is 1.60. The lowest BCUT2D eigenvalue weighted by Crippen LogP contribution is -2.42. The van der Waals surface area contributed by atoms with E-state index in [1.807, 2.05) is 24.3 Å². The molecule has 28 heavy (non-hydrogen) atoms. The molecule has 4 aromatic rings. The summed E-state index contributed by atoms with van der Waals surface area (Å²) in [5.41, 5.74) is 6.65. The van der Waals surface area contributed by atoms with Crippen LogP contribution in [0.5, 0.6) is 0 Å². The molecular weight excluding hydrogens is 396 g/mol. The molecule has 0 fully saturated rings. The molecule has 6 nitrogen and oxygen atoms in total. The molecule has 0 unspecified atom stereocenters. The van der Waals surface area contributed by atoms with Gasteiger partial charge in [0.1, 0.15) is 10.7 Å². The van der Waals surface area contributed by atoms with Gasteiger partial charge in [0.15, 0.2) is 0 Å². The van der Waals surface area contributed by atoms with Crippen molar-refractivity contribution in [3.63, 3.8) is 0 Å². The Morgan fingerprint density at radius 1 is 0.857 bits per heavy atom. The summed E-state index contributed by atoms with van der Waals surface area (Å²) in [7, 11) is 0. The first-order chi connectivity index (χ1) is 13.6. The zero-order valence-corrected chi connectivity index (χ0v) is 15.9. The Morgan fingerprint density at radius 3 is 2.32 bits per heavy atom. The number of benzene rings is 2. The first-order valence-corrected chi connectivity index (χ1v) is 9.49. The number of aromatic nitrogens is 2. The standard InChI is InChI=1S/C20H13ClN4O2S/c21-14-8-2-1-6-12(14)18(26)24-25-19(27)13-7-5-11-22-17(13)20-23-15-9-3-4-10-16(15)28-20/h1-11H,(H,24,26)(H,25,27). The monoisotopic (exact) mass is 408 g/mol. The number of carbonyl (C=O) groups excluding carboxylic acids is 2. The van der Waals surface area contributed by atoms with E-state index < -0.39 is 11.8 Å². The van der Waals surface area contributed by atoms with Crippen LogP contribution in [0.25, 0.3) is 20.9 Å². The van der Waals surface area contributed by atoms with Crippen LogP contribution in [0.4, 0.5) is 0 Å². The van der Waals surface area contributed by atoms with Crippen LogP contribution in [0.15, 0.2) is 66.9 Å². The normalized spacial score (nSPS) is 10.6. The van der Waals surface area contributed by atoms with Gasteiger partial charge in [-0.3, -0.25) is 25.4 Å². The minimum atomic E-state index is -0.510. The van der Waals surface area contributed by atoms with Crippen molar-refractivity contribution in [2.45, 2.75) is 0 Å². The first kappa shape index (κ1) is 18.1. The van der Waals surface area contributed by atoms with Crippen molar-refractivity contribution in [1.29, 1.82) is 0 Å². The van der Waals surface area contributed by atoms with Crippen molar-refractivity contribution in [2.24, 2.45) is 0 Å². The van der Waals surface area contributed by atoms with Gasteiger partial charge in [-0.25, -0.2) is 4.98 Å².